The van der Waals surface area contributed by atoms with Crippen molar-refractivity contribution in [3.63, 3.8) is 0 Å². The fourth-order valence-electron chi connectivity index (χ4n) is 4.04. The van der Waals surface area contributed by atoms with Crippen molar-refractivity contribution in [1.29, 1.82) is 0 Å². The van der Waals surface area contributed by atoms with E-state index in [1.54, 1.807) is 24.3 Å². The smallest absolute Gasteiger partial charge is 0.307 e. The molecule has 1 heterocycles. The monoisotopic (exact) mass is 461 g/mol. The lowest BCUT2D eigenvalue weighted by atomic mass is 9.98. The minimum Gasteiger partial charge on any atom is -0.489 e. The number of carbonyl (C=O) groups excluding carboxylic acids is 2. The number of aliphatic carboxylic acids is 1. The fourth-order valence-corrected chi connectivity index (χ4v) is 4.04. The minimum absolute atomic E-state index is 0.146. The number of nitrogens with zero attached hydrogens (tertiary/aromatic N) is 1. The number of fused-ring (bicyclic) bond motifs is 2. The second-order valence-corrected chi connectivity index (χ2v) is 8.64. The molecule has 0 aliphatic carbocycles. The molecule has 0 saturated heterocycles. The van der Waals surface area contributed by atoms with Gasteiger partial charge in [0, 0.05) is 10.8 Å². The summed E-state index contributed by atoms with van der Waals surface area (Å²) in [5, 5.41) is 10.4. The number of carboxylic acids is 1. The van der Waals surface area contributed by atoms with E-state index in [4.69, 9.17) is 14.6 Å². The number of rotatable bonds is 8. The minimum atomic E-state index is -0.956. The van der Waals surface area contributed by atoms with Gasteiger partial charge in [-0.2, -0.15) is 0 Å². The van der Waals surface area contributed by atoms with Gasteiger partial charge < -0.3 is 14.6 Å². The van der Waals surface area contributed by atoms with Gasteiger partial charge in [0.15, 0.2) is 0 Å². The van der Waals surface area contributed by atoms with Gasteiger partial charge in [-0.15, -0.1) is 0 Å². The predicted octanol–water partition coefficient (Wildman–Crippen LogP) is 5.23. The number of ether oxygens (including phenoxy) is 2. The number of benzene rings is 3. The lowest BCUT2D eigenvalue weighted by Gasteiger charge is -2.20. The molecule has 2 amide bonds. The van der Waals surface area contributed by atoms with E-state index in [9.17, 15) is 14.4 Å². The molecule has 0 spiro atoms. The first-order valence-corrected chi connectivity index (χ1v) is 11.3. The number of amides is 2. The van der Waals surface area contributed by atoms with Crippen LogP contribution < -0.4 is 14.4 Å². The van der Waals surface area contributed by atoms with Gasteiger partial charge in [0.1, 0.15) is 11.5 Å². The second-order valence-electron chi connectivity index (χ2n) is 8.64. The average Bonchev–Trinajstić information content (AvgIpc) is 3.06. The van der Waals surface area contributed by atoms with Crippen molar-refractivity contribution in [1.82, 2.24) is 0 Å². The van der Waals surface area contributed by atoms with E-state index in [0.29, 0.717) is 33.5 Å². The Balaban J connectivity index is 1.92. The summed E-state index contributed by atoms with van der Waals surface area (Å²) in [6, 6.07) is 13.8. The van der Waals surface area contributed by atoms with E-state index in [1.165, 1.54) is 0 Å². The molecule has 1 aliphatic heterocycles. The quantitative estimate of drug-likeness (QED) is 0.462. The first-order valence-electron chi connectivity index (χ1n) is 11.3. The van der Waals surface area contributed by atoms with Crippen molar-refractivity contribution < 1.29 is 29.0 Å². The highest BCUT2D eigenvalue weighted by molar-refractivity contribution is 6.38. The van der Waals surface area contributed by atoms with Crippen molar-refractivity contribution in [2.75, 3.05) is 4.90 Å². The van der Waals surface area contributed by atoms with Crippen LogP contribution in [-0.4, -0.2) is 35.1 Å². The molecule has 4 rings (SSSR count). The SMILES string of the molecule is CCC(C)Oc1c2c(c(OC(C)C)c3ccccc13)C(=O)N(c1ccc(CC(=O)O)cc1)C2=O. The molecule has 1 N–H and O–H groups in total. The van der Waals surface area contributed by atoms with Crippen LogP contribution in [0.25, 0.3) is 10.8 Å². The third kappa shape index (κ3) is 4.09. The molecule has 0 aromatic heterocycles. The van der Waals surface area contributed by atoms with Crippen LogP contribution in [0.3, 0.4) is 0 Å². The Kier molecular flexibility index (Phi) is 6.28. The van der Waals surface area contributed by atoms with E-state index in [0.717, 1.165) is 11.3 Å². The topological polar surface area (TPSA) is 93.1 Å². The summed E-state index contributed by atoms with van der Waals surface area (Å²) in [7, 11) is 0. The van der Waals surface area contributed by atoms with E-state index in [2.05, 4.69) is 0 Å². The molecule has 1 unspecified atom stereocenters. The summed E-state index contributed by atoms with van der Waals surface area (Å²) in [6.07, 6.45) is 0.190. The van der Waals surface area contributed by atoms with Gasteiger partial charge in [-0.3, -0.25) is 14.4 Å². The Morgan fingerprint density at radius 2 is 1.41 bits per heavy atom. The highest BCUT2D eigenvalue weighted by Gasteiger charge is 2.44. The van der Waals surface area contributed by atoms with Crippen LogP contribution in [0.2, 0.25) is 0 Å². The first-order chi connectivity index (χ1) is 16.2. The molecule has 1 aliphatic rings. The zero-order chi connectivity index (χ0) is 24.6. The van der Waals surface area contributed by atoms with Crippen molar-refractivity contribution in [3.8, 4) is 11.5 Å². The van der Waals surface area contributed by atoms with Crippen LogP contribution in [-0.2, 0) is 11.2 Å². The largest absolute Gasteiger partial charge is 0.489 e. The molecule has 3 aromatic carbocycles. The van der Waals surface area contributed by atoms with Crippen LogP contribution in [0.5, 0.6) is 11.5 Å². The molecule has 0 fully saturated rings. The average molecular weight is 462 g/mol. The highest BCUT2D eigenvalue weighted by atomic mass is 16.5. The van der Waals surface area contributed by atoms with Crippen molar-refractivity contribution in [3.05, 3.63) is 65.2 Å². The Labute approximate surface area is 197 Å². The number of carbonyl (C=O) groups is 3. The third-order valence-corrected chi connectivity index (χ3v) is 5.75. The van der Waals surface area contributed by atoms with E-state index < -0.39 is 17.8 Å². The van der Waals surface area contributed by atoms with E-state index in [1.807, 2.05) is 52.0 Å². The van der Waals surface area contributed by atoms with Crippen molar-refractivity contribution >= 4 is 34.2 Å². The summed E-state index contributed by atoms with van der Waals surface area (Å²) in [4.78, 5) is 39.5. The molecule has 176 valence electrons. The Hall–Kier alpha value is -3.87. The van der Waals surface area contributed by atoms with Crippen LogP contribution in [0, 0.1) is 0 Å². The summed E-state index contributed by atoms with van der Waals surface area (Å²) >= 11 is 0. The molecule has 1 atom stereocenters. The maximum Gasteiger partial charge on any atom is 0.307 e. The van der Waals surface area contributed by atoms with Gasteiger partial charge in [-0.1, -0.05) is 43.3 Å². The fraction of sp³-hybridized carbons (Fsp3) is 0.296. The van der Waals surface area contributed by atoms with Crippen molar-refractivity contribution in [2.24, 2.45) is 0 Å². The Morgan fingerprint density at radius 1 is 0.882 bits per heavy atom. The van der Waals surface area contributed by atoms with Gasteiger partial charge in [-0.05, 0) is 44.9 Å². The normalized spacial score (nSPS) is 14.0. The van der Waals surface area contributed by atoms with Gasteiger partial charge in [0.25, 0.3) is 11.8 Å². The number of imide groups is 1. The summed E-state index contributed by atoms with van der Waals surface area (Å²) < 4.78 is 12.3. The zero-order valence-corrected chi connectivity index (χ0v) is 19.6. The third-order valence-electron chi connectivity index (χ3n) is 5.75. The number of hydrogen-bond acceptors (Lipinski definition) is 5. The van der Waals surface area contributed by atoms with Gasteiger partial charge in [0.2, 0.25) is 0 Å². The van der Waals surface area contributed by atoms with E-state index in [-0.39, 0.29) is 29.8 Å². The predicted molar refractivity (Wildman–Crippen MR) is 129 cm³/mol. The summed E-state index contributed by atoms with van der Waals surface area (Å²) in [5.41, 5.74) is 1.30. The van der Waals surface area contributed by atoms with Crippen molar-refractivity contribution in [2.45, 2.75) is 52.7 Å². The molecule has 7 heteroatoms. The Morgan fingerprint density at radius 3 is 1.88 bits per heavy atom. The maximum absolute atomic E-state index is 13.7. The molecule has 0 saturated carbocycles. The van der Waals surface area contributed by atoms with Gasteiger partial charge in [-0.25, -0.2) is 4.90 Å². The standard InChI is InChI=1S/C27H27NO6/c1-5-16(4)34-25-20-9-7-6-8-19(20)24(33-15(2)3)22-23(25)27(32)28(26(22)31)18-12-10-17(11-13-18)14-21(29)30/h6-13,15-16H,5,14H2,1-4H3,(H,29,30). The molecule has 3 aromatic rings. The van der Waals surface area contributed by atoms with Crippen LogP contribution in [0.4, 0.5) is 5.69 Å². The highest BCUT2D eigenvalue weighted by Crippen LogP contribution is 2.46. The Bertz CT molecular complexity index is 1280. The van der Waals surface area contributed by atoms with Gasteiger partial charge >= 0.3 is 5.97 Å². The lowest BCUT2D eigenvalue weighted by Crippen LogP contribution is -2.29. The zero-order valence-electron chi connectivity index (χ0n) is 19.6. The number of hydrogen-bond donors (Lipinski definition) is 1. The molecule has 7 nitrogen and oxygen atoms in total. The molecular weight excluding hydrogens is 434 g/mol. The first kappa shape index (κ1) is 23.3. The maximum atomic E-state index is 13.7. The second kappa shape index (κ2) is 9.17. The summed E-state index contributed by atoms with van der Waals surface area (Å²) in [5.74, 6) is -1.22. The van der Waals surface area contributed by atoms with Crippen LogP contribution in [0.1, 0.15) is 60.4 Å². The molecular formula is C27H27NO6. The van der Waals surface area contributed by atoms with E-state index >= 15 is 0 Å². The van der Waals surface area contributed by atoms with Crippen LogP contribution in [0.15, 0.2) is 48.5 Å². The summed E-state index contributed by atoms with van der Waals surface area (Å²) in [6.45, 7) is 7.64. The van der Waals surface area contributed by atoms with Crippen LogP contribution >= 0.6 is 0 Å². The number of anilines is 1. The van der Waals surface area contributed by atoms with Gasteiger partial charge in [0.05, 0.1) is 35.4 Å². The lowest BCUT2D eigenvalue weighted by molar-refractivity contribution is -0.136. The molecule has 0 radical (unpaired) electrons. The molecule has 0 bridgehead atoms. The molecule has 34 heavy (non-hydrogen) atoms. The number of carboxylic acid groups (broad SMARTS) is 1.